The fourth-order valence-electron chi connectivity index (χ4n) is 3.45. The van der Waals surface area contributed by atoms with E-state index in [-0.39, 0.29) is 24.9 Å². The summed E-state index contributed by atoms with van der Waals surface area (Å²) in [5.74, 6) is 1.50. The van der Waals surface area contributed by atoms with Gasteiger partial charge in [0, 0.05) is 17.9 Å². The lowest BCUT2D eigenvalue weighted by molar-refractivity contribution is -0.142. The lowest BCUT2D eigenvalue weighted by Gasteiger charge is -2.24. The highest BCUT2D eigenvalue weighted by atomic mass is 16.6. The molecule has 0 saturated heterocycles. The van der Waals surface area contributed by atoms with Gasteiger partial charge in [-0.05, 0) is 29.8 Å². The SMILES string of the molecule is COC(=O)COc1ccc(C2CC(=O)Nc3c2cnn3Cc2ccco2)cc1OC. The molecule has 1 aliphatic heterocycles. The summed E-state index contributed by atoms with van der Waals surface area (Å²) in [6, 6.07) is 9.04. The number of furan rings is 1. The number of anilines is 1. The van der Waals surface area contributed by atoms with Crippen molar-refractivity contribution in [1.29, 1.82) is 0 Å². The summed E-state index contributed by atoms with van der Waals surface area (Å²) in [6.07, 6.45) is 3.64. The molecule has 1 aromatic carbocycles. The fourth-order valence-corrected chi connectivity index (χ4v) is 3.45. The van der Waals surface area contributed by atoms with E-state index in [9.17, 15) is 9.59 Å². The quantitative estimate of drug-likeness (QED) is 0.596. The van der Waals surface area contributed by atoms with Crippen molar-refractivity contribution in [3.05, 3.63) is 59.7 Å². The van der Waals surface area contributed by atoms with Crippen molar-refractivity contribution in [2.45, 2.75) is 18.9 Å². The second-order valence-electron chi connectivity index (χ2n) is 6.77. The first-order chi connectivity index (χ1) is 14.6. The first-order valence-corrected chi connectivity index (χ1v) is 9.34. The molecule has 1 unspecified atom stereocenters. The number of methoxy groups -OCH3 is 2. The number of amides is 1. The standard InChI is InChI=1S/C21H21N3O6/c1-27-18-8-13(5-6-17(18)30-12-20(26)28-2)15-9-19(25)23-21-16(15)10-22-24(21)11-14-4-3-7-29-14/h3-8,10,15H,9,11-12H2,1-2H3,(H,23,25). The minimum atomic E-state index is -0.487. The molecule has 9 heteroatoms. The van der Waals surface area contributed by atoms with Crippen LogP contribution in [0.15, 0.2) is 47.2 Å². The maximum Gasteiger partial charge on any atom is 0.343 e. The average Bonchev–Trinajstić information content (AvgIpc) is 3.42. The van der Waals surface area contributed by atoms with Crippen molar-refractivity contribution in [3.63, 3.8) is 0 Å². The van der Waals surface area contributed by atoms with Crippen molar-refractivity contribution < 1.29 is 28.2 Å². The molecular weight excluding hydrogens is 390 g/mol. The second-order valence-corrected chi connectivity index (χ2v) is 6.77. The Hall–Kier alpha value is -3.75. The molecule has 0 aliphatic carbocycles. The molecule has 0 saturated carbocycles. The molecule has 1 aliphatic rings. The highest BCUT2D eigenvalue weighted by Gasteiger charge is 2.30. The summed E-state index contributed by atoms with van der Waals surface area (Å²) in [5.41, 5.74) is 1.79. The van der Waals surface area contributed by atoms with E-state index in [0.717, 1.165) is 16.9 Å². The van der Waals surface area contributed by atoms with Crippen molar-refractivity contribution >= 4 is 17.7 Å². The summed E-state index contributed by atoms with van der Waals surface area (Å²) in [5, 5.41) is 7.35. The third-order valence-electron chi connectivity index (χ3n) is 4.94. The molecule has 0 bridgehead atoms. The van der Waals surface area contributed by atoms with Crippen molar-refractivity contribution in [1.82, 2.24) is 9.78 Å². The van der Waals surface area contributed by atoms with Crippen molar-refractivity contribution in [2.75, 3.05) is 26.1 Å². The van der Waals surface area contributed by atoms with Crippen LogP contribution >= 0.6 is 0 Å². The van der Waals surface area contributed by atoms with Gasteiger partial charge < -0.3 is 23.9 Å². The van der Waals surface area contributed by atoms with Gasteiger partial charge in [-0.2, -0.15) is 5.10 Å². The Morgan fingerprint density at radius 1 is 1.30 bits per heavy atom. The van der Waals surface area contributed by atoms with Crippen LogP contribution in [-0.4, -0.2) is 42.5 Å². The number of nitrogens with one attached hydrogen (secondary N) is 1. The van der Waals surface area contributed by atoms with Crippen LogP contribution in [0.25, 0.3) is 0 Å². The second kappa shape index (κ2) is 8.32. The normalized spacial score (nSPS) is 15.3. The molecular formula is C21H21N3O6. The third-order valence-corrected chi connectivity index (χ3v) is 4.94. The Balaban J connectivity index is 1.62. The molecule has 2 aromatic heterocycles. The van der Waals surface area contributed by atoms with Crippen molar-refractivity contribution in [3.8, 4) is 11.5 Å². The molecule has 4 rings (SSSR count). The first kappa shape index (κ1) is 19.6. The number of nitrogens with zero attached hydrogens (tertiary/aromatic N) is 2. The Labute approximate surface area is 172 Å². The number of hydrogen-bond acceptors (Lipinski definition) is 7. The highest BCUT2D eigenvalue weighted by Crippen LogP contribution is 2.40. The zero-order valence-corrected chi connectivity index (χ0v) is 16.6. The highest BCUT2D eigenvalue weighted by molar-refractivity contribution is 5.94. The molecule has 156 valence electrons. The molecule has 30 heavy (non-hydrogen) atoms. The van der Waals surface area contributed by atoms with Gasteiger partial charge in [-0.1, -0.05) is 6.07 Å². The summed E-state index contributed by atoms with van der Waals surface area (Å²) in [4.78, 5) is 23.8. The van der Waals surface area contributed by atoms with E-state index in [1.165, 1.54) is 14.2 Å². The molecule has 3 heterocycles. The van der Waals surface area contributed by atoms with E-state index in [0.29, 0.717) is 23.9 Å². The van der Waals surface area contributed by atoms with E-state index in [1.54, 1.807) is 23.2 Å². The lowest BCUT2D eigenvalue weighted by atomic mass is 9.87. The van der Waals surface area contributed by atoms with Gasteiger partial charge in [0.2, 0.25) is 5.91 Å². The number of carbonyl (C=O) groups is 2. The number of esters is 1. The Morgan fingerprint density at radius 3 is 2.90 bits per heavy atom. The minimum Gasteiger partial charge on any atom is -0.493 e. The van der Waals surface area contributed by atoms with Crippen LogP contribution < -0.4 is 14.8 Å². The van der Waals surface area contributed by atoms with Gasteiger partial charge in [0.05, 0.1) is 26.7 Å². The van der Waals surface area contributed by atoms with E-state index >= 15 is 0 Å². The van der Waals surface area contributed by atoms with Crippen LogP contribution in [0.5, 0.6) is 11.5 Å². The molecule has 1 N–H and O–H groups in total. The number of aromatic nitrogens is 2. The molecule has 0 fully saturated rings. The van der Waals surface area contributed by atoms with Crippen LogP contribution in [0.4, 0.5) is 5.82 Å². The number of rotatable bonds is 7. The summed E-state index contributed by atoms with van der Waals surface area (Å²) >= 11 is 0. The van der Waals surface area contributed by atoms with Gasteiger partial charge in [0.1, 0.15) is 18.1 Å². The van der Waals surface area contributed by atoms with Crippen LogP contribution in [-0.2, 0) is 20.9 Å². The van der Waals surface area contributed by atoms with Crippen LogP contribution in [0, 0.1) is 0 Å². The van der Waals surface area contributed by atoms with Gasteiger partial charge in [-0.15, -0.1) is 0 Å². The fraction of sp³-hybridized carbons (Fsp3) is 0.286. The maximum absolute atomic E-state index is 12.4. The summed E-state index contributed by atoms with van der Waals surface area (Å²) in [7, 11) is 2.81. The van der Waals surface area contributed by atoms with Crippen LogP contribution in [0.2, 0.25) is 0 Å². The van der Waals surface area contributed by atoms with Crippen LogP contribution in [0.1, 0.15) is 29.2 Å². The molecule has 0 radical (unpaired) electrons. The smallest absolute Gasteiger partial charge is 0.343 e. The van der Waals surface area contributed by atoms with Crippen LogP contribution in [0.3, 0.4) is 0 Å². The number of carbonyl (C=O) groups excluding carboxylic acids is 2. The zero-order valence-electron chi connectivity index (χ0n) is 16.6. The number of benzene rings is 1. The number of hydrogen-bond donors (Lipinski definition) is 1. The van der Waals surface area contributed by atoms with E-state index in [1.807, 2.05) is 24.3 Å². The van der Waals surface area contributed by atoms with Gasteiger partial charge >= 0.3 is 5.97 Å². The lowest BCUT2D eigenvalue weighted by Crippen LogP contribution is -2.25. The number of ether oxygens (including phenoxy) is 3. The molecule has 0 spiro atoms. The topological polar surface area (TPSA) is 105 Å². The first-order valence-electron chi connectivity index (χ1n) is 9.34. The summed E-state index contributed by atoms with van der Waals surface area (Å²) < 4.78 is 22.6. The molecule has 3 aromatic rings. The largest absolute Gasteiger partial charge is 0.493 e. The number of fused-ring (bicyclic) bond motifs is 1. The van der Waals surface area contributed by atoms with Gasteiger partial charge in [-0.25, -0.2) is 9.48 Å². The summed E-state index contributed by atoms with van der Waals surface area (Å²) in [6.45, 7) is 0.195. The van der Waals surface area contributed by atoms with E-state index in [4.69, 9.17) is 13.9 Å². The van der Waals surface area contributed by atoms with E-state index < -0.39 is 5.97 Å². The predicted octanol–water partition coefficient (Wildman–Crippen LogP) is 2.56. The monoisotopic (exact) mass is 411 g/mol. The third kappa shape index (κ3) is 3.86. The molecule has 1 amide bonds. The van der Waals surface area contributed by atoms with Gasteiger partial charge in [0.15, 0.2) is 18.1 Å². The van der Waals surface area contributed by atoms with Gasteiger partial charge in [-0.3, -0.25) is 4.79 Å². The molecule has 1 atom stereocenters. The van der Waals surface area contributed by atoms with Gasteiger partial charge in [0.25, 0.3) is 0 Å². The minimum absolute atomic E-state index is 0.0984. The Kier molecular flexibility index (Phi) is 5.42. The van der Waals surface area contributed by atoms with Crippen molar-refractivity contribution in [2.24, 2.45) is 0 Å². The molecule has 9 nitrogen and oxygen atoms in total. The Bertz CT molecular complexity index is 1060. The predicted molar refractivity (Wildman–Crippen MR) is 106 cm³/mol. The Morgan fingerprint density at radius 2 is 2.17 bits per heavy atom. The zero-order chi connectivity index (χ0) is 21.1. The average molecular weight is 411 g/mol. The van der Waals surface area contributed by atoms with E-state index in [2.05, 4.69) is 15.2 Å². The maximum atomic E-state index is 12.4.